The fourth-order valence-electron chi connectivity index (χ4n) is 1.02. The minimum atomic E-state index is -0.609. The second-order valence-electron chi connectivity index (χ2n) is 3.13. The van der Waals surface area contributed by atoms with Crippen molar-refractivity contribution in [3.05, 3.63) is 12.2 Å². The number of hydrogen-bond donors (Lipinski definition) is 3. The third-order valence-corrected chi connectivity index (χ3v) is 1.55. The first kappa shape index (κ1) is 11.6. The summed E-state index contributed by atoms with van der Waals surface area (Å²) in [6.07, 6.45) is 2.83. The van der Waals surface area contributed by atoms with Crippen LogP contribution in [0.3, 0.4) is 0 Å². The zero-order valence-electron chi connectivity index (χ0n) is 7.99. The maximum absolute atomic E-state index is 9.45. The third-order valence-electron chi connectivity index (χ3n) is 1.55. The SMILES string of the molecule is C/C=C/[C@H](O)[C@@H](CO)NC(C)C. The molecule has 0 aromatic heterocycles. The van der Waals surface area contributed by atoms with Crippen molar-refractivity contribution in [2.75, 3.05) is 6.61 Å². The molecule has 72 valence electrons. The van der Waals surface area contributed by atoms with E-state index in [-0.39, 0.29) is 18.7 Å². The molecule has 0 saturated heterocycles. The molecule has 0 saturated carbocycles. The first-order chi connectivity index (χ1) is 5.61. The molecule has 0 heterocycles. The van der Waals surface area contributed by atoms with Crippen molar-refractivity contribution >= 4 is 0 Å². The molecule has 3 nitrogen and oxygen atoms in total. The van der Waals surface area contributed by atoms with Crippen LogP contribution in [0, 0.1) is 0 Å². The van der Waals surface area contributed by atoms with Gasteiger partial charge >= 0.3 is 0 Å². The van der Waals surface area contributed by atoms with Crippen molar-refractivity contribution in [3.63, 3.8) is 0 Å². The molecule has 0 aliphatic heterocycles. The van der Waals surface area contributed by atoms with Crippen LogP contribution in [0.25, 0.3) is 0 Å². The van der Waals surface area contributed by atoms with E-state index in [1.165, 1.54) is 0 Å². The number of aliphatic hydroxyl groups is 2. The maximum atomic E-state index is 9.45. The van der Waals surface area contributed by atoms with E-state index >= 15 is 0 Å². The van der Waals surface area contributed by atoms with Gasteiger partial charge in [0.15, 0.2) is 0 Å². The summed E-state index contributed by atoms with van der Waals surface area (Å²) in [4.78, 5) is 0. The summed E-state index contributed by atoms with van der Waals surface area (Å²) < 4.78 is 0. The number of nitrogens with one attached hydrogen (secondary N) is 1. The molecular weight excluding hydrogens is 154 g/mol. The van der Waals surface area contributed by atoms with Gasteiger partial charge in [0.25, 0.3) is 0 Å². The molecule has 0 aromatic rings. The molecule has 0 fully saturated rings. The molecule has 0 bridgehead atoms. The fourth-order valence-corrected chi connectivity index (χ4v) is 1.02. The molecule has 0 rings (SSSR count). The van der Waals surface area contributed by atoms with Crippen LogP contribution in [0.2, 0.25) is 0 Å². The molecule has 2 atom stereocenters. The predicted molar refractivity (Wildman–Crippen MR) is 50.0 cm³/mol. The lowest BCUT2D eigenvalue weighted by Gasteiger charge is -2.22. The second kappa shape index (κ2) is 6.17. The van der Waals surface area contributed by atoms with Gasteiger partial charge in [0.05, 0.1) is 18.8 Å². The summed E-state index contributed by atoms with van der Waals surface area (Å²) in [5.41, 5.74) is 0. The third kappa shape index (κ3) is 4.49. The van der Waals surface area contributed by atoms with Gasteiger partial charge < -0.3 is 15.5 Å². The van der Waals surface area contributed by atoms with Gasteiger partial charge in [-0.25, -0.2) is 0 Å². The number of aliphatic hydroxyl groups excluding tert-OH is 2. The Morgan fingerprint density at radius 3 is 2.33 bits per heavy atom. The fraction of sp³-hybridized carbons (Fsp3) is 0.778. The van der Waals surface area contributed by atoms with Gasteiger partial charge in [0.1, 0.15) is 0 Å². The Balaban J connectivity index is 3.95. The molecule has 0 radical (unpaired) electrons. The van der Waals surface area contributed by atoms with Crippen LogP contribution >= 0.6 is 0 Å². The normalized spacial score (nSPS) is 17.2. The Morgan fingerprint density at radius 2 is 2.00 bits per heavy atom. The molecule has 0 unspecified atom stereocenters. The van der Waals surface area contributed by atoms with Gasteiger partial charge in [-0.1, -0.05) is 26.0 Å². The topological polar surface area (TPSA) is 52.5 Å². The van der Waals surface area contributed by atoms with Crippen LogP contribution in [-0.4, -0.2) is 35.0 Å². The molecule has 3 N–H and O–H groups in total. The monoisotopic (exact) mass is 173 g/mol. The Morgan fingerprint density at radius 1 is 1.42 bits per heavy atom. The van der Waals surface area contributed by atoms with Crippen molar-refractivity contribution in [1.29, 1.82) is 0 Å². The summed E-state index contributed by atoms with van der Waals surface area (Å²) in [5.74, 6) is 0. The number of allylic oxidation sites excluding steroid dienone is 1. The summed E-state index contributed by atoms with van der Waals surface area (Å²) in [6, 6.07) is 0.00301. The summed E-state index contributed by atoms with van der Waals surface area (Å²) in [5, 5.41) is 21.4. The Hall–Kier alpha value is -0.380. The van der Waals surface area contributed by atoms with E-state index in [1.807, 2.05) is 20.8 Å². The first-order valence-electron chi connectivity index (χ1n) is 4.29. The van der Waals surface area contributed by atoms with Crippen LogP contribution in [0.1, 0.15) is 20.8 Å². The van der Waals surface area contributed by atoms with Gasteiger partial charge in [0, 0.05) is 6.04 Å². The van der Waals surface area contributed by atoms with E-state index in [1.54, 1.807) is 12.2 Å². The highest BCUT2D eigenvalue weighted by Gasteiger charge is 2.15. The van der Waals surface area contributed by atoms with Crippen molar-refractivity contribution in [2.45, 2.75) is 39.0 Å². The van der Waals surface area contributed by atoms with Crippen LogP contribution in [0.5, 0.6) is 0 Å². The van der Waals surface area contributed by atoms with Crippen molar-refractivity contribution in [3.8, 4) is 0 Å². The highest BCUT2D eigenvalue weighted by molar-refractivity contribution is 4.93. The maximum Gasteiger partial charge on any atom is 0.0896 e. The molecular formula is C9H19NO2. The van der Waals surface area contributed by atoms with E-state index in [0.29, 0.717) is 0 Å². The van der Waals surface area contributed by atoms with Gasteiger partial charge in [0.2, 0.25) is 0 Å². The Labute approximate surface area is 74.1 Å². The zero-order valence-corrected chi connectivity index (χ0v) is 7.99. The van der Waals surface area contributed by atoms with E-state index in [9.17, 15) is 5.11 Å². The number of hydrogen-bond acceptors (Lipinski definition) is 3. The highest BCUT2D eigenvalue weighted by atomic mass is 16.3. The van der Waals surface area contributed by atoms with Crippen molar-refractivity contribution in [1.82, 2.24) is 5.32 Å². The largest absolute Gasteiger partial charge is 0.395 e. The Bertz CT molecular complexity index is 134. The lowest BCUT2D eigenvalue weighted by Crippen LogP contribution is -2.45. The summed E-state index contributed by atoms with van der Waals surface area (Å²) >= 11 is 0. The van der Waals surface area contributed by atoms with Gasteiger partial charge in [-0.2, -0.15) is 0 Å². The second-order valence-corrected chi connectivity index (χ2v) is 3.13. The molecule has 12 heavy (non-hydrogen) atoms. The highest BCUT2D eigenvalue weighted by Crippen LogP contribution is 1.96. The first-order valence-corrected chi connectivity index (χ1v) is 4.29. The van der Waals surface area contributed by atoms with Gasteiger partial charge in [-0.15, -0.1) is 0 Å². The summed E-state index contributed by atoms with van der Waals surface area (Å²) in [6.45, 7) is 5.74. The van der Waals surface area contributed by atoms with Crippen LogP contribution in [0.15, 0.2) is 12.2 Å². The van der Waals surface area contributed by atoms with Crippen LogP contribution in [0.4, 0.5) is 0 Å². The predicted octanol–water partition coefficient (Wildman–Crippen LogP) is 0.282. The quantitative estimate of drug-likeness (QED) is 0.523. The van der Waals surface area contributed by atoms with E-state index in [0.717, 1.165) is 0 Å². The van der Waals surface area contributed by atoms with E-state index in [2.05, 4.69) is 5.32 Å². The summed E-state index contributed by atoms with van der Waals surface area (Å²) in [7, 11) is 0. The van der Waals surface area contributed by atoms with Crippen molar-refractivity contribution < 1.29 is 10.2 Å². The lowest BCUT2D eigenvalue weighted by atomic mass is 10.1. The van der Waals surface area contributed by atoms with Crippen molar-refractivity contribution in [2.24, 2.45) is 0 Å². The average Bonchev–Trinajstić information content (AvgIpc) is 2.00. The average molecular weight is 173 g/mol. The molecule has 0 aliphatic rings. The minimum Gasteiger partial charge on any atom is -0.395 e. The smallest absolute Gasteiger partial charge is 0.0896 e. The van der Waals surface area contributed by atoms with Crippen LogP contribution < -0.4 is 5.32 Å². The molecule has 0 spiro atoms. The van der Waals surface area contributed by atoms with Crippen LogP contribution in [-0.2, 0) is 0 Å². The molecule has 0 aromatic carbocycles. The minimum absolute atomic E-state index is 0.0519. The van der Waals surface area contributed by atoms with Gasteiger partial charge in [-0.05, 0) is 6.92 Å². The molecule has 0 aliphatic carbocycles. The number of rotatable bonds is 5. The zero-order chi connectivity index (χ0) is 9.56. The van der Waals surface area contributed by atoms with E-state index < -0.39 is 6.10 Å². The molecule has 3 heteroatoms. The standard InChI is InChI=1S/C9H19NO2/c1-4-5-9(12)8(6-11)10-7(2)3/h4-5,7-12H,6H2,1-3H3/b5-4+/t8-,9+/m1/s1. The van der Waals surface area contributed by atoms with E-state index in [4.69, 9.17) is 5.11 Å². The van der Waals surface area contributed by atoms with Gasteiger partial charge in [-0.3, -0.25) is 0 Å². The lowest BCUT2D eigenvalue weighted by molar-refractivity contribution is 0.118. The molecule has 0 amide bonds. The Kier molecular flexibility index (Phi) is 5.98.